The van der Waals surface area contributed by atoms with E-state index in [1.807, 2.05) is 6.07 Å². The molecule has 0 bridgehead atoms. The molecule has 2 aromatic carbocycles. The first kappa shape index (κ1) is 13.2. The molecule has 0 aliphatic carbocycles. The molecule has 2 rings (SSSR count). The van der Waals surface area contributed by atoms with Crippen LogP contribution in [0.15, 0.2) is 42.5 Å². The summed E-state index contributed by atoms with van der Waals surface area (Å²) in [6.07, 6.45) is 0. The van der Waals surface area contributed by atoms with E-state index in [0.29, 0.717) is 12.1 Å². The number of phenolic OH excluding ortho intramolecular Hbond substituents is 1. The smallest absolute Gasteiger partial charge is 0.248 e. The first-order chi connectivity index (χ1) is 9.06. The minimum atomic E-state index is -0.450. The van der Waals surface area contributed by atoms with Crippen molar-refractivity contribution in [3.05, 3.63) is 58.6 Å². The van der Waals surface area contributed by atoms with Crippen LogP contribution < -0.4 is 11.1 Å². The van der Waals surface area contributed by atoms with Crippen LogP contribution in [0.2, 0.25) is 5.02 Å². The Balaban J connectivity index is 2.07. The average Bonchev–Trinajstić information content (AvgIpc) is 2.40. The predicted octanol–water partition coefficient (Wildman–Crippen LogP) is 2.76. The summed E-state index contributed by atoms with van der Waals surface area (Å²) in [5.41, 5.74) is 7.41. The van der Waals surface area contributed by atoms with Gasteiger partial charge in [0, 0.05) is 17.8 Å². The Morgan fingerprint density at radius 2 is 2.05 bits per heavy atom. The van der Waals surface area contributed by atoms with E-state index < -0.39 is 5.91 Å². The first-order valence-electron chi connectivity index (χ1n) is 5.67. The summed E-state index contributed by atoms with van der Waals surface area (Å²) >= 11 is 5.81. The summed E-state index contributed by atoms with van der Waals surface area (Å²) in [5, 5.41) is 12.8. The minimum absolute atomic E-state index is 0.0444. The van der Waals surface area contributed by atoms with Gasteiger partial charge in [0.2, 0.25) is 5.91 Å². The lowest BCUT2D eigenvalue weighted by Crippen LogP contribution is -2.11. The molecular formula is C14H13ClN2O2. The van der Waals surface area contributed by atoms with Crippen LogP contribution in [0.5, 0.6) is 5.75 Å². The van der Waals surface area contributed by atoms with E-state index in [2.05, 4.69) is 5.32 Å². The Bertz CT molecular complexity index is 614. The highest BCUT2D eigenvalue weighted by Gasteiger charge is 2.02. The molecular weight excluding hydrogens is 264 g/mol. The van der Waals surface area contributed by atoms with Crippen LogP contribution in [0.3, 0.4) is 0 Å². The van der Waals surface area contributed by atoms with Crippen molar-refractivity contribution in [3.8, 4) is 5.75 Å². The number of carbonyl (C=O) groups is 1. The molecule has 1 amide bonds. The largest absolute Gasteiger partial charge is 0.506 e. The van der Waals surface area contributed by atoms with Gasteiger partial charge in [-0.15, -0.1) is 0 Å². The second kappa shape index (κ2) is 5.63. The van der Waals surface area contributed by atoms with Gasteiger partial charge in [0.1, 0.15) is 5.75 Å². The van der Waals surface area contributed by atoms with Crippen LogP contribution in [0.1, 0.15) is 15.9 Å². The van der Waals surface area contributed by atoms with Crippen LogP contribution in [0.4, 0.5) is 5.69 Å². The van der Waals surface area contributed by atoms with Crippen molar-refractivity contribution < 1.29 is 9.90 Å². The third-order valence-electron chi connectivity index (χ3n) is 2.66. The maximum absolute atomic E-state index is 11.1. The zero-order chi connectivity index (χ0) is 13.8. The lowest BCUT2D eigenvalue weighted by Gasteiger charge is -2.08. The van der Waals surface area contributed by atoms with Gasteiger partial charge in [-0.25, -0.2) is 0 Å². The molecule has 0 fully saturated rings. The third kappa shape index (κ3) is 3.39. The number of hydrogen-bond donors (Lipinski definition) is 3. The van der Waals surface area contributed by atoms with E-state index in [0.717, 1.165) is 11.3 Å². The average molecular weight is 277 g/mol. The summed E-state index contributed by atoms with van der Waals surface area (Å²) < 4.78 is 0. The number of primary amides is 1. The van der Waals surface area contributed by atoms with E-state index in [1.54, 1.807) is 30.3 Å². The topological polar surface area (TPSA) is 75.4 Å². The molecule has 5 heteroatoms. The Kier molecular flexibility index (Phi) is 3.92. The van der Waals surface area contributed by atoms with Crippen molar-refractivity contribution in [2.24, 2.45) is 5.73 Å². The summed E-state index contributed by atoms with van der Waals surface area (Å²) in [5.74, 6) is -0.405. The van der Waals surface area contributed by atoms with Crippen molar-refractivity contribution in [1.82, 2.24) is 0 Å². The maximum atomic E-state index is 11.1. The maximum Gasteiger partial charge on any atom is 0.248 e. The number of aromatic hydroxyl groups is 1. The molecule has 19 heavy (non-hydrogen) atoms. The fourth-order valence-electron chi connectivity index (χ4n) is 1.66. The molecule has 0 aromatic heterocycles. The molecule has 98 valence electrons. The molecule has 0 aliphatic rings. The standard InChI is InChI=1S/C14H13ClN2O2/c15-12-7-11(4-5-13(12)18)17-8-9-2-1-3-10(6-9)14(16)19/h1-7,17-18H,8H2,(H2,16,19). The lowest BCUT2D eigenvalue weighted by molar-refractivity contribution is 0.1000. The van der Waals surface area contributed by atoms with Crippen molar-refractivity contribution in [2.45, 2.75) is 6.54 Å². The zero-order valence-corrected chi connectivity index (χ0v) is 10.8. The van der Waals surface area contributed by atoms with Gasteiger partial charge in [0.15, 0.2) is 0 Å². The Labute approximate surface area is 115 Å². The molecule has 4 N–H and O–H groups in total. The molecule has 2 aromatic rings. The van der Waals surface area contributed by atoms with Crippen LogP contribution in [-0.2, 0) is 6.54 Å². The van der Waals surface area contributed by atoms with Crippen molar-refractivity contribution in [2.75, 3.05) is 5.32 Å². The normalized spacial score (nSPS) is 10.2. The minimum Gasteiger partial charge on any atom is -0.506 e. The van der Waals surface area contributed by atoms with Crippen LogP contribution >= 0.6 is 11.6 Å². The molecule has 0 saturated carbocycles. The summed E-state index contributed by atoms with van der Waals surface area (Å²) in [4.78, 5) is 11.1. The van der Waals surface area contributed by atoms with Crippen LogP contribution in [0, 0.1) is 0 Å². The van der Waals surface area contributed by atoms with Crippen molar-refractivity contribution in [1.29, 1.82) is 0 Å². The van der Waals surface area contributed by atoms with E-state index in [1.165, 1.54) is 6.07 Å². The first-order valence-corrected chi connectivity index (χ1v) is 6.05. The summed E-state index contributed by atoms with van der Waals surface area (Å²) in [7, 11) is 0. The van der Waals surface area contributed by atoms with E-state index in [4.69, 9.17) is 17.3 Å². The number of nitrogens with two attached hydrogens (primary N) is 1. The number of anilines is 1. The highest BCUT2D eigenvalue weighted by Crippen LogP contribution is 2.26. The van der Waals surface area contributed by atoms with Crippen molar-refractivity contribution >= 4 is 23.2 Å². The van der Waals surface area contributed by atoms with Gasteiger partial charge in [-0.3, -0.25) is 4.79 Å². The number of nitrogens with one attached hydrogen (secondary N) is 1. The van der Waals surface area contributed by atoms with Crippen LogP contribution in [0.25, 0.3) is 0 Å². The number of carbonyl (C=O) groups excluding carboxylic acids is 1. The fourth-order valence-corrected chi connectivity index (χ4v) is 1.84. The Morgan fingerprint density at radius 3 is 2.74 bits per heavy atom. The van der Waals surface area contributed by atoms with E-state index in [9.17, 15) is 9.90 Å². The van der Waals surface area contributed by atoms with Crippen LogP contribution in [-0.4, -0.2) is 11.0 Å². The number of halogens is 1. The van der Waals surface area contributed by atoms with E-state index >= 15 is 0 Å². The van der Waals surface area contributed by atoms with Gasteiger partial charge >= 0.3 is 0 Å². The number of phenols is 1. The summed E-state index contributed by atoms with van der Waals surface area (Å²) in [6, 6.07) is 11.9. The van der Waals surface area contributed by atoms with Gasteiger partial charge in [0.25, 0.3) is 0 Å². The molecule has 4 nitrogen and oxygen atoms in total. The van der Waals surface area contributed by atoms with Gasteiger partial charge in [0.05, 0.1) is 5.02 Å². The fraction of sp³-hybridized carbons (Fsp3) is 0.0714. The third-order valence-corrected chi connectivity index (χ3v) is 2.96. The number of benzene rings is 2. The van der Waals surface area contributed by atoms with Gasteiger partial charge < -0.3 is 16.2 Å². The molecule has 0 unspecified atom stereocenters. The second-order valence-electron chi connectivity index (χ2n) is 4.08. The highest BCUT2D eigenvalue weighted by atomic mass is 35.5. The van der Waals surface area contributed by atoms with Crippen molar-refractivity contribution in [3.63, 3.8) is 0 Å². The Hall–Kier alpha value is -2.20. The molecule has 0 spiro atoms. The van der Waals surface area contributed by atoms with Gasteiger partial charge in [-0.2, -0.15) is 0 Å². The zero-order valence-electron chi connectivity index (χ0n) is 10.1. The number of rotatable bonds is 4. The van der Waals surface area contributed by atoms with E-state index in [-0.39, 0.29) is 10.8 Å². The molecule has 0 atom stereocenters. The quantitative estimate of drug-likeness (QED) is 0.752. The highest BCUT2D eigenvalue weighted by molar-refractivity contribution is 6.32. The Morgan fingerprint density at radius 1 is 1.26 bits per heavy atom. The SMILES string of the molecule is NC(=O)c1cccc(CNc2ccc(O)c(Cl)c2)c1. The lowest BCUT2D eigenvalue weighted by atomic mass is 10.1. The monoisotopic (exact) mass is 276 g/mol. The number of amides is 1. The molecule has 0 heterocycles. The molecule has 0 saturated heterocycles. The number of hydrogen-bond acceptors (Lipinski definition) is 3. The predicted molar refractivity (Wildman–Crippen MR) is 75.4 cm³/mol. The van der Waals surface area contributed by atoms with Gasteiger partial charge in [-0.05, 0) is 35.9 Å². The molecule has 0 aliphatic heterocycles. The summed E-state index contributed by atoms with van der Waals surface area (Å²) in [6.45, 7) is 0.530. The van der Waals surface area contributed by atoms with Gasteiger partial charge in [-0.1, -0.05) is 23.7 Å². The molecule has 0 radical (unpaired) electrons. The second-order valence-corrected chi connectivity index (χ2v) is 4.49.